The Morgan fingerprint density at radius 3 is 2.68 bits per heavy atom. The van der Waals surface area contributed by atoms with Crippen molar-refractivity contribution in [3.63, 3.8) is 0 Å². The molecule has 1 aromatic rings. The van der Waals surface area contributed by atoms with E-state index in [9.17, 15) is 4.79 Å². The number of rotatable bonds is 5. The fourth-order valence-electron chi connectivity index (χ4n) is 1.99. The van der Waals surface area contributed by atoms with Crippen LogP contribution < -0.4 is 4.90 Å². The molecule has 4 nitrogen and oxygen atoms in total. The second-order valence-electron chi connectivity index (χ2n) is 4.54. The van der Waals surface area contributed by atoms with Crippen LogP contribution in [0.4, 0.5) is 5.95 Å². The van der Waals surface area contributed by atoms with Crippen LogP contribution in [0.3, 0.4) is 0 Å². The molecule has 5 heteroatoms. The first-order valence-corrected chi connectivity index (χ1v) is 7.61. The van der Waals surface area contributed by atoms with Gasteiger partial charge in [-0.2, -0.15) is 0 Å². The fraction of sp³-hybridized carbons (Fsp3) is 0.500. The van der Waals surface area contributed by atoms with Gasteiger partial charge in [0, 0.05) is 43.7 Å². The number of hydrogen-bond acceptors (Lipinski definition) is 5. The molecule has 1 saturated heterocycles. The Morgan fingerprint density at radius 2 is 2.05 bits per heavy atom. The van der Waals surface area contributed by atoms with Crippen LogP contribution in [0.15, 0.2) is 18.5 Å². The molecule has 1 aliphatic rings. The Morgan fingerprint density at radius 1 is 1.37 bits per heavy atom. The minimum absolute atomic E-state index is 0.173. The summed E-state index contributed by atoms with van der Waals surface area (Å²) in [7, 11) is 0. The summed E-state index contributed by atoms with van der Waals surface area (Å²) < 4.78 is 0. The lowest BCUT2D eigenvalue weighted by Gasteiger charge is -2.14. The summed E-state index contributed by atoms with van der Waals surface area (Å²) in [4.78, 5) is 21.8. The molecule has 19 heavy (non-hydrogen) atoms. The van der Waals surface area contributed by atoms with E-state index < -0.39 is 0 Å². The van der Waals surface area contributed by atoms with Crippen LogP contribution in [0.25, 0.3) is 6.08 Å². The van der Waals surface area contributed by atoms with E-state index in [1.165, 1.54) is 24.6 Å². The van der Waals surface area contributed by atoms with Gasteiger partial charge >= 0.3 is 0 Å². The molecule has 0 spiro atoms. The summed E-state index contributed by atoms with van der Waals surface area (Å²) in [6, 6.07) is 0. The summed E-state index contributed by atoms with van der Waals surface area (Å²) in [6.07, 6.45) is 11.1. The first kappa shape index (κ1) is 14.1. The lowest BCUT2D eigenvalue weighted by atomic mass is 10.3. The molecule has 0 N–H and O–H groups in total. The number of carbonyl (C=O) groups excluding carboxylic acids is 1. The van der Waals surface area contributed by atoms with Gasteiger partial charge in [-0.3, -0.25) is 4.79 Å². The van der Waals surface area contributed by atoms with Gasteiger partial charge in [-0.1, -0.05) is 23.9 Å². The summed E-state index contributed by atoms with van der Waals surface area (Å²) in [5, 5.41) is 0.173. The third-order valence-electron chi connectivity index (χ3n) is 2.95. The molecule has 0 saturated carbocycles. The largest absolute Gasteiger partial charge is 0.341 e. The van der Waals surface area contributed by atoms with E-state index in [1.54, 1.807) is 6.92 Å². The maximum Gasteiger partial charge on any atom is 0.225 e. The molecule has 102 valence electrons. The molecule has 0 bridgehead atoms. The number of allylic oxidation sites excluding steroid dienone is 1. The third kappa shape index (κ3) is 4.67. The van der Waals surface area contributed by atoms with Gasteiger partial charge in [-0.05, 0) is 19.3 Å². The van der Waals surface area contributed by atoms with Crippen molar-refractivity contribution in [2.45, 2.75) is 26.2 Å². The number of thioether (sulfide) groups is 1. The van der Waals surface area contributed by atoms with Crippen molar-refractivity contribution in [3.05, 3.63) is 24.0 Å². The standard InChI is InChI=1S/C14H19N3OS/c1-12(18)19-9-5-2-6-13-10-15-14(16-11-13)17-7-3-4-8-17/h2,6,10-11H,3-5,7-9H2,1H3. The summed E-state index contributed by atoms with van der Waals surface area (Å²) in [5.41, 5.74) is 1.01. The molecule has 0 unspecified atom stereocenters. The van der Waals surface area contributed by atoms with Gasteiger partial charge in [-0.15, -0.1) is 0 Å². The number of anilines is 1. The predicted molar refractivity (Wildman–Crippen MR) is 80.3 cm³/mol. The first-order chi connectivity index (χ1) is 9.25. The quantitative estimate of drug-likeness (QED) is 0.774. The Labute approximate surface area is 118 Å². The normalized spacial score (nSPS) is 15.3. The van der Waals surface area contributed by atoms with Crippen molar-refractivity contribution in [1.82, 2.24) is 9.97 Å². The van der Waals surface area contributed by atoms with Crippen LogP contribution in [0.1, 0.15) is 31.7 Å². The molecule has 2 heterocycles. The van der Waals surface area contributed by atoms with Gasteiger partial charge in [-0.25, -0.2) is 9.97 Å². The zero-order valence-electron chi connectivity index (χ0n) is 11.2. The molecule has 0 aromatic carbocycles. The van der Waals surface area contributed by atoms with E-state index in [0.717, 1.165) is 36.8 Å². The summed E-state index contributed by atoms with van der Waals surface area (Å²) in [5.74, 6) is 1.67. The predicted octanol–water partition coefficient (Wildman–Crippen LogP) is 2.76. The fourth-order valence-corrected chi connectivity index (χ4v) is 2.53. The maximum absolute atomic E-state index is 10.8. The van der Waals surface area contributed by atoms with Crippen LogP contribution >= 0.6 is 11.8 Å². The van der Waals surface area contributed by atoms with E-state index in [2.05, 4.69) is 20.9 Å². The molecule has 2 rings (SSSR count). The molecule has 0 radical (unpaired) electrons. The van der Waals surface area contributed by atoms with E-state index in [-0.39, 0.29) is 5.12 Å². The Balaban J connectivity index is 1.81. The Kier molecular flexibility index (Phi) is 5.39. The van der Waals surface area contributed by atoms with Gasteiger partial charge in [0.1, 0.15) is 0 Å². The smallest absolute Gasteiger partial charge is 0.225 e. The zero-order valence-corrected chi connectivity index (χ0v) is 12.0. The van der Waals surface area contributed by atoms with Crippen LogP contribution in [0, 0.1) is 0 Å². The van der Waals surface area contributed by atoms with Crippen LogP contribution in [0.5, 0.6) is 0 Å². The maximum atomic E-state index is 10.8. The minimum atomic E-state index is 0.173. The number of aromatic nitrogens is 2. The molecule has 1 aliphatic heterocycles. The molecule has 0 amide bonds. The monoisotopic (exact) mass is 277 g/mol. The van der Waals surface area contributed by atoms with Crippen molar-refractivity contribution < 1.29 is 4.79 Å². The zero-order chi connectivity index (χ0) is 13.5. The SMILES string of the molecule is CC(=O)SCCC=Cc1cnc(N2CCCC2)nc1. The number of nitrogens with zero attached hydrogens (tertiary/aromatic N) is 3. The average Bonchev–Trinajstić information content (AvgIpc) is 2.93. The van der Waals surface area contributed by atoms with Crippen LogP contribution in [-0.2, 0) is 4.79 Å². The molecular formula is C14H19N3OS. The summed E-state index contributed by atoms with van der Waals surface area (Å²) in [6.45, 7) is 3.73. The third-order valence-corrected chi connectivity index (χ3v) is 3.79. The van der Waals surface area contributed by atoms with Gasteiger partial charge in [0.05, 0.1) is 0 Å². The molecular weight excluding hydrogens is 258 g/mol. The summed E-state index contributed by atoms with van der Waals surface area (Å²) >= 11 is 1.36. The molecule has 1 fully saturated rings. The highest BCUT2D eigenvalue weighted by molar-refractivity contribution is 8.13. The second-order valence-corrected chi connectivity index (χ2v) is 5.81. The first-order valence-electron chi connectivity index (χ1n) is 6.62. The van der Waals surface area contributed by atoms with Gasteiger partial charge in [0.25, 0.3) is 0 Å². The van der Waals surface area contributed by atoms with E-state index in [4.69, 9.17) is 0 Å². The van der Waals surface area contributed by atoms with Gasteiger partial charge < -0.3 is 4.90 Å². The van der Waals surface area contributed by atoms with Crippen LogP contribution in [0.2, 0.25) is 0 Å². The van der Waals surface area contributed by atoms with Crippen molar-refractivity contribution >= 4 is 28.9 Å². The lowest BCUT2D eigenvalue weighted by molar-refractivity contribution is -0.109. The minimum Gasteiger partial charge on any atom is -0.341 e. The van der Waals surface area contributed by atoms with E-state index >= 15 is 0 Å². The van der Waals surface area contributed by atoms with Crippen molar-refractivity contribution in [2.75, 3.05) is 23.7 Å². The van der Waals surface area contributed by atoms with Crippen molar-refractivity contribution in [3.8, 4) is 0 Å². The topological polar surface area (TPSA) is 46.1 Å². The van der Waals surface area contributed by atoms with Crippen molar-refractivity contribution in [1.29, 1.82) is 0 Å². The lowest BCUT2D eigenvalue weighted by Crippen LogP contribution is -2.20. The Hall–Kier alpha value is -1.36. The Bertz CT molecular complexity index is 439. The van der Waals surface area contributed by atoms with Gasteiger partial charge in [0.2, 0.25) is 5.95 Å². The number of hydrogen-bond donors (Lipinski definition) is 0. The average molecular weight is 277 g/mol. The van der Waals surface area contributed by atoms with E-state index in [1.807, 2.05) is 18.5 Å². The second kappa shape index (κ2) is 7.28. The number of carbonyl (C=O) groups is 1. The van der Waals surface area contributed by atoms with E-state index in [0.29, 0.717) is 0 Å². The van der Waals surface area contributed by atoms with Crippen molar-refractivity contribution in [2.24, 2.45) is 0 Å². The highest BCUT2D eigenvalue weighted by Gasteiger charge is 2.13. The highest BCUT2D eigenvalue weighted by atomic mass is 32.2. The van der Waals surface area contributed by atoms with Gasteiger partial charge in [0.15, 0.2) is 5.12 Å². The molecule has 0 atom stereocenters. The van der Waals surface area contributed by atoms with Crippen LogP contribution in [-0.4, -0.2) is 33.9 Å². The molecule has 1 aromatic heterocycles. The molecule has 0 aliphatic carbocycles. The highest BCUT2D eigenvalue weighted by Crippen LogP contribution is 2.15.